The fourth-order valence-corrected chi connectivity index (χ4v) is 4.92. The second kappa shape index (κ2) is 6.66. The number of nitrogens with zero attached hydrogens (tertiary/aromatic N) is 1. The Bertz CT molecular complexity index is 542. The molecule has 0 radical (unpaired) electrons. The summed E-state index contributed by atoms with van der Waals surface area (Å²) < 4.78 is 26.6. The first kappa shape index (κ1) is 15.4. The van der Waals surface area contributed by atoms with E-state index < -0.39 is 10.0 Å². The topological polar surface area (TPSA) is 92.5 Å². The number of thiophene rings is 1. The monoisotopic (exact) mass is 317 g/mol. The first-order chi connectivity index (χ1) is 9.55. The van der Waals surface area contributed by atoms with Crippen molar-refractivity contribution >= 4 is 27.3 Å². The van der Waals surface area contributed by atoms with E-state index in [9.17, 15) is 13.2 Å². The van der Waals surface area contributed by atoms with Gasteiger partial charge in [-0.05, 0) is 24.3 Å². The third kappa shape index (κ3) is 3.38. The highest BCUT2D eigenvalue weighted by molar-refractivity contribution is 7.91. The van der Waals surface area contributed by atoms with Gasteiger partial charge in [-0.2, -0.15) is 4.31 Å². The Labute approximate surface area is 123 Å². The van der Waals surface area contributed by atoms with Gasteiger partial charge < -0.3 is 11.1 Å². The summed E-state index contributed by atoms with van der Waals surface area (Å²) in [4.78, 5) is 11.9. The first-order valence-electron chi connectivity index (χ1n) is 6.57. The maximum absolute atomic E-state index is 12.4. The lowest BCUT2D eigenvalue weighted by molar-refractivity contribution is -0.126. The normalized spacial score (nSPS) is 20.8. The van der Waals surface area contributed by atoms with Crippen molar-refractivity contribution in [2.24, 2.45) is 11.7 Å². The van der Waals surface area contributed by atoms with Gasteiger partial charge in [0.2, 0.25) is 5.91 Å². The van der Waals surface area contributed by atoms with Gasteiger partial charge in [-0.15, -0.1) is 11.3 Å². The number of amides is 1. The van der Waals surface area contributed by atoms with Crippen LogP contribution in [0.3, 0.4) is 0 Å². The number of piperidine rings is 1. The van der Waals surface area contributed by atoms with Crippen LogP contribution in [-0.2, 0) is 14.8 Å². The highest BCUT2D eigenvalue weighted by Crippen LogP contribution is 2.26. The Balaban J connectivity index is 2.05. The van der Waals surface area contributed by atoms with Crippen molar-refractivity contribution in [1.29, 1.82) is 0 Å². The molecule has 1 unspecified atom stereocenters. The van der Waals surface area contributed by atoms with Gasteiger partial charge in [-0.25, -0.2) is 8.42 Å². The highest BCUT2D eigenvalue weighted by atomic mass is 32.2. The van der Waals surface area contributed by atoms with E-state index in [4.69, 9.17) is 5.73 Å². The molecule has 20 heavy (non-hydrogen) atoms. The SMILES string of the molecule is NCCNC(=O)C1CCCN(S(=O)(=O)c2cccs2)C1. The van der Waals surface area contributed by atoms with Gasteiger partial charge in [0, 0.05) is 26.2 Å². The summed E-state index contributed by atoms with van der Waals surface area (Å²) in [6.45, 7) is 1.53. The summed E-state index contributed by atoms with van der Waals surface area (Å²) in [5, 5.41) is 4.46. The lowest BCUT2D eigenvalue weighted by Crippen LogP contribution is -2.45. The summed E-state index contributed by atoms with van der Waals surface area (Å²) >= 11 is 1.20. The zero-order chi connectivity index (χ0) is 14.6. The minimum absolute atomic E-state index is 0.110. The number of carbonyl (C=O) groups is 1. The fraction of sp³-hybridized carbons (Fsp3) is 0.583. The van der Waals surface area contributed by atoms with Gasteiger partial charge in [-0.3, -0.25) is 4.79 Å². The summed E-state index contributed by atoms with van der Waals surface area (Å²) in [7, 11) is -3.46. The van der Waals surface area contributed by atoms with Crippen LogP contribution in [0.25, 0.3) is 0 Å². The van der Waals surface area contributed by atoms with E-state index in [1.54, 1.807) is 17.5 Å². The molecular weight excluding hydrogens is 298 g/mol. The lowest BCUT2D eigenvalue weighted by atomic mass is 9.99. The van der Waals surface area contributed by atoms with Crippen LogP contribution in [0.1, 0.15) is 12.8 Å². The number of nitrogens with two attached hydrogens (primary N) is 1. The van der Waals surface area contributed by atoms with Crippen molar-refractivity contribution in [2.75, 3.05) is 26.2 Å². The molecule has 1 atom stereocenters. The standard InChI is InChI=1S/C12H19N3O3S2/c13-5-6-14-12(16)10-3-1-7-15(9-10)20(17,18)11-4-2-8-19-11/h2,4,8,10H,1,3,5-7,9,13H2,(H,14,16). The Morgan fingerprint density at radius 2 is 2.35 bits per heavy atom. The molecule has 2 rings (SSSR count). The third-order valence-electron chi connectivity index (χ3n) is 3.29. The van der Waals surface area contributed by atoms with Crippen molar-refractivity contribution in [2.45, 2.75) is 17.1 Å². The quantitative estimate of drug-likeness (QED) is 0.813. The number of carbonyl (C=O) groups excluding carboxylic acids is 1. The molecule has 1 aromatic heterocycles. The molecule has 1 amide bonds. The van der Waals surface area contributed by atoms with E-state index >= 15 is 0 Å². The molecule has 1 saturated heterocycles. The van der Waals surface area contributed by atoms with E-state index in [1.807, 2.05) is 0 Å². The van der Waals surface area contributed by atoms with Crippen molar-refractivity contribution in [3.8, 4) is 0 Å². The predicted molar refractivity (Wildman–Crippen MR) is 77.9 cm³/mol. The summed E-state index contributed by atoms with van der Waals surface area (Å²) in [5.74, 6) is -0.397. The minimum Gasteiger partial charge on any atom is -0.355 e. The van der Waals surface area contributed by atoms with Crippen LogP contribution in [0.4, 0.5) is 0 Å². The van der Waals surface area contributed by atoms with Crippen LogP contribution in [0.15, 0.2) is 21.7 Å². The second-order valence-electron chi connectivity index (χ2n) is 4.71. The van der Waals surface area contributed by atoms with Crippen molar-refractivity contribution < 1.29 is 13.2 Å². The van der Waals surface area contributed by atoms with E-state index in [0.717, 1.165) is 0 Å². The number of rotatable bonds is 5. The van der Waals surface area contributed by atoms with E-state index in [1.165, 1.54) is 15.6 Å². The van der Waals surface area contributed by atoms with Crippen molar-refractivity contribution in [3.05, 3.63) is 17.5 Å². The fourth-order valence-electron chi connectivity index (χ4n) is 2.25. The molecule has 1 aliphatic rings. The van der Waals surface area contributed by atoms with Crippen LogP contribution < -0.4 is 11.1 Å². The summed E-state index contributed by atoms with van der Waals surface area (Å²) in [6, 6.07) is 3.31. The minimum atomic E-state index is -3.46. The molecule has 2 heterocycles. The van der Waals surface area contributed by atoms with Crippen LogP contribution in [0.2, 0.25) is 0 Å². The molecule has 0 aliphatic carbocycles. The molecule has 6 nitrogen and oxygen atoms in total. The maximum atomic E-state index is 12.4. The maximum Gasteiger partial charge on any atom is 0.252 e. The van der Waals surface area contributed by atoms with E-state index in [0.29, 0.717) is 36.7 Å². The van der Waals surface area contributed by atoms with Gasteiger partial charge in [-0.1, -0.05) is 6.07 Å². The van der Waals surface area contributed by atoms with Crippen molar-refractivity contribution in [1.82, 2.24) is 9.62 Å². The molecule has 3 N–H and O–H groups in total. The predicted octanol–water partition coefficient (Wildman–Crippen LogP) is 0.224. The molecule has 0 aromatic carbocycles. The number of hydrogen-bond acceptors (Lipinski definition) is 5. The average molecular weight is 317 g/mol. The van der Waals surface area contributed by atoms with Crippen LogP contribution in [0, 0.1) is 5.92 Å². The number of hydrogen-bond donors (Lipinski definition) is 2. The molecule has 0 bridgehead atoms. The Morgan fingerprint density at radius 3 is 3.00 bits per heavy atom. The van der Waals surface area contributed by atoms with Gasteiger partial charge in [0.15, 0.2) is 0 Å². The molecular formula is C12H19N3O3S2. The smallest absolute Gasteiger partial charge is 0.252 e. The van der Waals surface area contributed by atoms with Crippen molar-refractivity contribution in [3.63, 3.8) is 0 Å². The van der Waals surface area contributed by atoms with Crippen LogP contribution >= 0.6 is 11.3 Å². The molecule has 0 saturated carbocycles. The zero-order valence-corrected chi connectivity index (χ0v) is 12.8. The van der Waals surface area contributed by atoms with Gasteiger partial charge in [0.05, 0.1) is 5.92 Å². The molecule has 0 spiro atoms. The van der Waals surface area contributed by atoms with Crippen LogP contribution in [-0.4, -0.2) is 44.8 Å². The molecule has 8 heteroatoms. The Morgan fingerprint density at radius 1 is 1.55 bits per heavy atom. The number of sulfonamides is 1. The molecule has 1 aliphatic heterocycles. The van der Waals surface area contributed by atoms with Gasteiger partial charge in [0.25, 0.3) is 10.0 Å². The van der Waals surface area contributed by atoms with E-state index in [-0.39, 0.29) is 18.4 Å². The Hall–Kier alpha value is -0.960. The second-order valence-corrected chi connectivity index (χ2v) is 7.83. The summed E-state index contributed by atoms with van der Waals surface area (Å²) in [5.41, 5.74) is 5.35. The summed E-state index contributed by atoms with van der Waals surface area (Å²) in [6.07, 6.45) is 1.41. The molecule has 1 aromatic rings. The van der Waals surface area contributed by atoms with Gasteiger partial charge in [0.1, 0.15) is 4.21 Å². The lowest BCUT2D eigenvalue weighted by Gasteiger charge is -2.30. The Kier molecular flexibility index (Phi) is 5.14. The van der Waals surface area contributed by atoms with E-state index in [2.05, 4.69) is 5.32 Å². The van der Waals surface area contributed by atoms with Gasteiger partial charge >= 0.3 is 0 Å². The zero-order valence-electron chi connectivity index (χ0n) is 11.1. The number of nitrogens with one attached hydrogen (secondary N) is 1. The molecule has 1 fully saturated rings. The average Bonchev–Trinajstić information content (AvgIpc) is 2.99. The first-order valence-corrected chi connectivity index (χ1v) is 8.89. The largest absolute Gasteiger partial charge is 0.355 e. The van der Waals surface area contributed by atoms with Crippen LogP contribution in [0.5, 0.6) is 0 Å². The molecule has 112 valence electrons. The highest BCUT2D eigenvalue weighted by Gasteiger charge is 2.33. The third-order valence-corrected chi connectivity index (χ3v) is 6.53.